The SMILES string of the molecule is CCN(CC)C(CC(=O)OC)OC. The molecule has 0 N–H and O–H groups in total. The third kappa shape index (κ3) is 4.24. The van der Waals surface area contributed by atoms with Crippen LogP contribution in [-0.2, 0) is 14.3 Å². The van der Waals surface area contributed by atoms with Gasteiger partial charge in [-0.3, -0.25) is 9.69 Å². The zero-order valence-electron chi connectivity index (χ0n) is 8.87. The molecule has 0 fully saturated rings. The van der Waals surface area contributed by atoms with E-state index in [1.54, 1.807) is 7.11 Å². The van der Waals surface area contributed by atoms with Gasteiger partial charge in [-0.15, -0.1) is 0 Å². The molecule has 0 aromatic heterocycles. The van der Waals surface area contributed by atoms with E-state index < -0.39 is 0 Å². The number of nitrogens with zero attached hydrogens (tertiary/aromatic N) is 1. The fourth-order valence-electron chi connectivity index (χ4n) is 1.22. The third-order valence-corrected chi connectivity index (χ3v) is 2.06. The van der Waals surface area contributed by atoms with Gasteiger partial charge in [0, 0.05) is 7.11 Å². The summed E-state index contributed by atoms with van der Waals surface area (Å²) >= 11 is 0. The zero-order chi connectivity index (χ0) is 10.3. The molecule has 0 saturated carbocycles. The van der Waals surface area contributed by atoms with Gasteiger partial charge in [0.1, 0.15) is 6.23 Å². The number of carbonyl (C=O) groups excluding carboxylic acids is 1. The molecule has 4 heteroatoms. The standard InChI is InChI=1S/C9H19NO3/c1-5-10(6-2)8(12-3)7-9(11)13-4/h8H,5-7H2,1-4H3. The van der Waals surface area contributed by atoms with E-state index in [0.717, 1.165) is 13.1 Å². The van der Waals surface area contributed by atoms with Crippen LogP contribution in [0.5, 0.6) is 0 Å². The van der Waals surface area contributed by atoms with Crippen LogP contribution < -0.4 is 0 Å². The van der Waals surface area contributed by atoms with E-state index in [1.165, 1.54) is 7.11 Å². The topological polar surface area (TPSA) is 38.8 Å². The van der Waals surface area contributed by atoms with Crippen molar-refractivity contribution in [2.24, 2.45) is 0 Å². The molecule has 0 aromatic rings. The summed E-state index contributed by atoms with van der Waals surface area (Å²) in [6.07, 6.45) is 0.122. The highest BCUT2D eigenvalue weighted by Crippen LogP contribution is 2.05. The van der Waals surface area contributed by atoms with Gasteiger partial charge < -0.3 is 9.47 Å². The Morgan fingerprint density at radius 2 is 1.85 bits per heavy atom. The van der Waals surface area contributed by atoms with Gasteiger partial charge in [0.2, 0.25) is 0 Å². The van der Waals surface area contributed by atoms with E-state index in [0.29, 0.717) is 0 Å². The minimum absolute atomic E-state index is 0.164. The minimum atomic E-state index is -0.237. The molecule has 1 unspecified atom stereocenters. The summed E-state index contributed by atoms with van der Waals surface area (Å²) in [6.45, 7) is 5.80. The lowest BCUT2D eigenvalue weighted by molar-refractivity contribution is -0.147. The van der Waals surface area contributed by atoms with Crippen LogP contribution in [0.4, 0.5) is 0 Å². The van der Waals surface area contributed by atoms with Gasteiger partial charge in [-0.05, 0) is 13.1 Å². The first-order valence-electron chi connectivity index (χ1n) is 4.53. The lowest BCUT2D eigenvalue weighted by Crippen LogP contribution is -2.38. The maximum atomic E-state index is 11.0. The molecule has 0 aliphatic rings. The van der Waals surface area contributed by atoms with E-state index >= 15 is 0 Å². The maximum absolute atomic E-state index is 11.0. The molecule has 0 bridgehead atoms. The van der Waals surface area contributed by atoms with Gasteiger partial charge in [-0.25, -0.2) is 0 Å². The highest BCUT2D eigenvalue weighted by molar-refractivity contribution is 5.69. The molecular weight excluding hydrogens is 170 g/mol. The first-order valence-corrected chi connectivity index (χ1v) is 4.53. The quantitative estimate of drug-likeness (QED) is 0.459. The Bertz CT molecular complexity index is 146. The molecule has 0 saturated heterocycles. The van der Waals surface area contributed by atoms with E-state index in [-0.39, 0.29) is 18.6 Å². The molecule has 0 rings (SSSR count). The average molecular weight is 189 g/mol. The van der Waals surface area contributed by atoms with Crippen molar-refractivity contribution in [1.29, 1.82) is 0 Å². The molecule has 0 aliphatic carbocycles. The number of ether oxygens (including phenoxy) is 2. The summed E-state index contributed by atoms with van der Waals surface area (Å²) in [5.74, 6) is -0.237. The monoisotopic (exact) mass is 189 g/mol. The van der Waals surface area contributed by atoms with Crippen molar-refractivity contribution in [1.82, 2.24) is 4.90 Å². The largest absolute Gasteiger partial charge is 0.469 e. The molecule has 0 radical (unpaired) electrons. The van der Waals surface area contributed by atoms with Crippen LogP contribution in [0.2, 0.25) is 0 Å². The fourth-order valence-corrected chi connectivity index (χ4v) is 1.22. The molecule has 78 valence electrons. The summed E-state index contributed by atoms with van der Waals surface area (Å²) < 4.78 is 9.77. The van der Waals surface area contributed by atoms with Crippen molar-refractivity contribution in [3.63, 3.8) is 0 Å². The fraction of sp³-hybridized carbons (Fsp3) is 0.889. The summed E-state index contributed by atoms with van der Waals surface area (Å²) in [4.78, 5) is 13.1. The van der Waals surface area contributed by atoms with Crippen molar-refractivity contribution in [3.05, 3.63) is 0 Å². The van der Waals surface area contributed by atoms with Crippen molar-refractivity contribution >= 4 is 5.97 Å². The number of hydrogen-bond donors (Lipinski definition) is 0. The lowest BCUT2D eigenvalue weighted by Gasteiger charge is -2.27. The zero-order valence-corrected chi connectivity index (χ0v) is 8.87. The minimum Gasteiger partial charge on any atom is -0.469 e. The Morgan fingerprint density at radius 1 is 1.31 bits per heavy atom. The predicted molar refractivity (Wildman–Crippen MR) is 50.4 cm³/mol. The van der Waals surface area contributed by atoms with Crippen molar-refractivity contribution in [2.45, 2.75) is 26.5 Å². The van der Waals surface area contributed by atoms with Crippen LogP contribution in [0.15, 0.2) is 0 Å². The van der Waals surface area contributed by atoms with Crippen LogP contribution in [-0.4, -0.2) is 44.4 Å². The number of carbonyl (C=O) groups is 1. The number of hydrogen-bond acceptors (Lipinski definition) is 4. The molecular formula is C9H19NO3. The second-order valence-corrected chi connectivity index (χ2v) is 2.69. The van der Waals surface area contributed by atoms with Crippen molar-refractivity contribution in [2.75, 3.05) is 27.3 Å². The van der Waals surface area contributed by atoms with Crippen LogP contribution in [0, 0.1) is 0 Å². The molecule has 0 aromatic carbocycles. The smallest absolute Gasteiger partial charge is 0.309 e. The van der Waals surface area contributed by atoms with E-state index in [1.807, 2.05) is 13.8 Å². The Morgan fingerprint density at radius 3 is 2.15 bits per heavy atom. The normalized spacial score (nSPS) is 13.0. The Labute approximate surface area is 79.8 Å². The molecule has 4 nitrogen and oxygen atoms in total. The summed E-state index contributed by atoms with van der Waals surface area (Å²) in [7, 11) is 2.99. The van der Waals surface area contributed by atoms with Crippen LogP contribution in [0.1, 0.15) is 20.3 Å². The first kappa shape index (κ1) is 12.4. The predicted octanol–water partition coefficient (Wildman–Crippen LogP) is 0.864. The van der Waals surface area contributed by atoms with E-state index in [4.69, 9.17) is 4.74 Å². The Balaban J connectivity index is 4.06. The van der Waals surface area contributed by atoms with Crippen LogP contribution in [0.3, 0.4) is 0 Å². The van der Waals surface area contributed by atoms with Gasteiger partial charge >= 0.3 is 5.97 Å². The summed E-state index contributed by atoms with van der Waals surface area (Å²) in [5.41, 5.74) is 0. The second-order valence-electron chi connectivity index (χ2n) is 2.69. The Hall–Kier alpha value is -0.610. The van der Waals surface area contributed by atoms with Crippen LogP contribution in [0.25, 0.3) is 0 Å². The van der Waals surface area contributed by atoms with Crippen LogP contribution >= 0.6 is 0 Å². The summed E-state index contributed by atoms with van der Waals surface area (Å²) in [5, 5.41) is 0. The number of esters is 1. The lowest BCUT2D eigenvalue weighted by atomic mass is 10.3. The first-order chi connectivity index (χ1) is 6.19. The van der Waals surface area contributed by atoms with Gasteiger partial charge in [-0.1, -0.05) is 13.8 Å². The van der Waals surface area contributed by atoms with E-state index in [2.05, 4.69) is 9.64 Å². The van der Waals surface area contributed by atoms with Crippen molar-refractivity contribution in [3.8, 4) is 0 Å². The molecule has 0 aliphatic heterocycles. The molecule has 0 heterocycles. The third-order valence-electron chi connectivity index (χ3n) is 2.06. The van der Waals surface area contributed by atoms with Gasteiger partial charge in [0.05, 0.1) is 13.5 Å². The molecule has 0 spiro atoms. The number of methoxy groups -OCH3 is 2. The molecule has 13 heavy (non-hydrogen) atoms. The van der Waals surface area contributed by atoms with Gasteiger partial charge in [-0.2, -0.15) is 0 Å². The number of rotatable bonds is 6. The van der Waals surface area contributed by atoms with Gasteiger partial charge in [0.25, 0.3) is 0 Å². The Kier molecular flexibility index (Phi) is 6.54. The second kappa shape index (κ2) is 6.86. The van der Waals surface area contributed by atoms with Crippen molar-refractivity contribution < 1.29 is 14.3 Å². The molecule has 1 atom stereocenters. The van der Waals surface area contributed by atoms with E-state index in [9.17, 15) is 4.79 Å². The average Bonchev–Trinajstić information content (AvgIpc) is 2.17. The maximum Gasteiger partial charge on any atom is 0.309 e. The van der Waals surface area contributed by atoms with Gasteiger partial charge in [0.15, 0.2) is 0 Å². The summed E-state index contributed by atoms with van der Waals surface area (Å²) in [6, 6.07) is 0. The molecule has 0 amide bonds. The highest BCUT2D eigenvalue weighted by Gasteiger charge is 2.18. The highest BCUT2D eigenvalue weighted by atomic mass is 16.5.